The maximum absolute atomic E-state index is 11.6. The van der Waals surface area contributed by atoms with Crippen molar-refractivity contribution >= 4 is 23.4 Å². The lowest BCUT2D eigenvalue weighted by Gasteiger charge is -2.10. The van der Waals surface area contributed by atoms with Crippen LogP contribution in [0.2, 0.25) is 0 Å². The summed E-state index contributed by atoms with van der Waals surface area (Å²) in [5, 5.41) is 0. The van der Waals surface area contributed by atoms with Gasteiger partial charge in [-0.2, -0.15) is 0 Å². The Morgan fingerprint density at radius 1 is 1.47 bits per heavy atom. The summed E-state index contributed by atoms with van der Waals surface area (Å²) in [4.78, 5) is 12.6. The van der Waals surface area contributed by atoms with E-state index < -0.39 is 0 Å². The topological polar surface area (TPSA) is 52.3 Å². The number of nitrogens with two attached hydrogens (primary N) is 1. The van der Waals surface area contributed by atoms with E-state index in [4.69, 9.17) is 10.5 Å². The number of carbonyl (C=O) groups is 1. The van der Waals surface area contributed by atoms with Crippen LogP contribution in [-0.2, 0) is 4.74 Å². The number of anilines is 1. The monoisotopic (exact) mass is 253 g/mol. The molecule has 0 aliphatic carbocycles. The number of benzene rings is 1. The third kappa shape index (κ3) is 3.97. The minimum atomic E-state index is -0.350. The van der Waals surface area contributed by atoms with E-state index in [1.165, 1.54) is 0 Å². The van der Waals surface area contributed by atoms with Crippen molar-refractivity contribution in [3.05, 3.63) is 23.8 Å². The molecule has 17 heavy (non-hydrogen) atoms. The second-order valence-corrected chi connectivity index (χ2v) is 5.20. The van der Waals surface area contributed by atoms with Crippen molar-refractivity contribution in [2.45, 2.75) is 25.7 Å². The fourth-order valence-electron chi connectivity index (χ4n) is 1.31. The predicted molar refractivity (Wildman–Crippen MR) is 72.4 cm³/mol. The first-order valence-electron chi connectivity index (χ1n) is 5.74. The second-order valence-electron chi connectivity index (χ2n) is 4.14. The molecule has 0 amide bonds. The highest BCUT2D eigenvalue weighted by molar-refractivity contribution is 7.99. The number of hydrogen-bond acceptors (Lipinski definition) is 4. The van der Waals surface area contributed by atoms with Gasteiger partial charge in [0.05, 0.1) is 17.9 Å². The molecule has 0 saturated heterocycles. The van der Waals surface area contributed by atoms with Crippen LogP contribution in [0.25, 0.3) is 0 Å². The smallest absolute Gasteiger partial charge is 0.340 e. The molecule has 0 spiro atoms. The average Bonchev–Trinajstić information content (AvgIpc) is 2.27. The molecule has 0 atom stereocenters. The molecule has 0 aromatic heterocycles. The molecule has 1 rings (SSSR count). The molecule has 3 nitrogen and oxygen atoms in total. The third-order valence-electron chi connectivity index (χ3n) is 2.13. The van der Waals surface area contributed by atoms with Crippen molar-refractivity contribution in [2.75, 3.05) is 18.1 Å². The Labute approximate surface area is 107 Å². The van der Waals surface area contributed by atoms with Gasteiger partial charge in [0.1, 0.15) is 0 Å². The van der Waals surface area contributed by atoms with Crippen LogP contribution >= 0.6 is 11.8 Å². The zero-order valence-corrected chi connectivity index (χ0v) is 11.3. The van der Waals surface area contributed by atoms with E-state index in [0.29, 0.717) is 23.8 Å². The number of carbonyl (C=O) groups excluding carboxylic acids is 1. The van der Waals surface area contributed by atoms with Crippen molar-refractivity contribution in [3.8, 4) is 0 Å². The third-order valence-corrected chi connectivity index (χ3v) is 3.63. The Morgan fingerprint density at radius 3 is 2.76 bits per heavy atom. The first-order valence-corrected chi connectivity index (χ1v) is 6.73. The van der Waals surface area contributed by atoms with Gasteiger partial charge < -0.3 is 10.5 Å². The Morgan fingerprint density at radius 2 is 2.18 bits per heavy atom. The summed E-state index contributed by atoms with van der Waals surface area (Å²) in [6, 6.07) is 5.48. The van der Waals surface area contributed by atoms with Crippen LogP contribution < -0.4 is 5.73 Å². The largest absolute Gasteiger partial charge is 0.462 e. The van der Waals surface area contributed by atoms with Crippen LogP contribution in [0.5, 0.6) is 0 Å². The Kier molecular flexibility index (Phi) is 5.35. The minimum Gasteiger partial charge on any atom is -0.462 e. The lowest BCUT2D eigenvalue weighted by Crippen LogP contribution is -2.08. The summed E-state index contributed by atoms with van der Waals surface area (Å²) in [5.41, 5.74) is 6.96. The molecule has 0 heterocycles. The van der Waals surface area contributed by atoms with Gasteiger partial charge in [-0.05, 0) is 25.0 Å². The normalized spacial score (nSPS) is 10.6. The highest BCUT2D eigenvalue weighted by Gasteiger charge is 2.13. The molecular formula is C13H19NO2S. The number of hydrogen-bond donors (Lipinski definition) is 1. The number of ether oxygens (including phenoxy) is 1. The molecule has 0 bridgehead atoms. The van der Waals surface area contributed by atoms with Crippen molar-refractivity contribution in [3.63, 3.8) is 0 Å². The lowest BCUT2D eigenvalue weighted by molar-refractivity contribution is 0.0527. The molecule has 1 aromatic carbocycles. The SMILES string of the molecule is CCOC(=O)c1cccc(SCC(C)C)c1N. The van der Waals surface area contributed by atoms with Gasteiger partial charge in [-0.3, -0.25) is 0 Å². The molecule has 0 radical (unpaired) electrons. The number of esters is 1. The first-order chi connectivity index (χ1) is 8.06. The summed E-state index contributed by atoms with van der Waals surface area (Å²) >= 11 is 1.67. The second kappa shape index (κ2) is 6.55. The molecule has 0 fully saturated rings. The Hall–Kier alpha value is -1.16. The number of para-hydroxylation sites is 1. The zero-order valence-electron chi connectivity index (χ0n) is 10.5. The molecule has 0 aliphatic heterocycles. The molecule has 94 valence electrons. The number of thioether (sulfide) groups is 1. The average molecular weight is 253 g/mol. The molecule has 0 unspecified atom stereocenters. The standard InChI is InChI=1S/C13H19NO2S/c1-4-16-13(15)10-6-5-7-11(12(10)14)17-8-9(2)3/h5-7,9H,4,8,14H2,1-3H3. The van der Waals surface area contributed by atoms with Crippen LogP contribution in [0.15, 0.2) is 23.1 Å². The van der Waals surface area contributed by atoms with Crippen molar-refractivity contribution in [1.82, 2.24) is 0 Å². The highest BCUT2D eigenvalue weighted by Crippen LogP contribution is 2.29. The minimum absolute atomic E-state index is 0.350. The lowest BCUT2D eigenvalue weighted by atomic mass is 10.2. The molecule has 0 saturated carbocycles. The van der Waals surface area contributed by atoms with Gasteiger partial charge in [0.25, 0.3) is 0 Å². The highest BCUT2D eigenvalue weighted by atomic mass is 32.2. The van der Waals surface area contributed by atoms with E-state index in [1.807, 2.05) is 12.1 Å². The maximum Gasteiger partial charge on any atom is 0.340 e. The Bertz CT molecular complexity index is 391. The summed E-state index contributed by atoms with van der Waals surface area (Å²) in [7, 11) is 0. The van der Waals surface area contributed by atoms with Crippen LogP contribution in [0, 0.1) is 5.92 Å². The maximum atomic E-state index is 11.6. The summed E-state index contributed by atoms with van der Waals surface area (Å²) < 4.78 is 4.96. The first kappa shape index (κ1) is 13.9. The fourth-order valence-corrected chi connectivity index (χ4v) is 2.27. The fraction of sp³-hybridized carbons (Fsp3) is 0.462. The van der Waals surface area contributed by atoms with Crippen LogP contribution in [-0.4, -0.2) is 18.3 Å². The number of rotatable bonds is 5. The van der Waals surface area contributed by atoms with Gasteiger partial charge >= 0.3 is 5.97 Å². The number of nitrogen functional groups attached to an aromatic ring is 1. The Balaban J connectivity index is 2.87. The molecule has 1 aromatic rings. The van der Waals surface area contributed by atoms with E-state index >= 15 is 0 Å². The van der Waals surface area contributed by atoms with Crippen LogP contribution in [0.3, 0.4) is 0 Å². The van der Waals surface area contributed by atoms with Crippen LogP contribution in [0.1, 0.15) is 31.1 Å². The van der Waals surface area contributed by atoms with Gasteiger partial charge in [0.2, 0.25) is 0 Å². The van der Waals surface area contributed by atoms with E-state index in [2.05, 4.69) is 13.8 Å². The van der Waals surface area contributed by atoms with E-state index in [-0.39, 0.29) is 5.97 Å². The van der Waals surface area contributed by atoms with Gasteiger partial charge in [0.15, 0.2) is 0 Å². The van der Waals surface area contributed by atoms with Crippen LogP contribution in [0.4, 0.5) is 5.69 Å². The molecule has 0 aliphatic rings. The predicted octanol–water partition coefficient (Wildman–Crippen LogP) is 3.19. The quantitative estimate of drug-likeness (QED) is 0.497. The van der Waals surface area contributed by atoms with Crippen molar-refractivity contribution in [1.29, 1.82) is 0 Å². The summed E-state index contributed by atoms with van der Waals surface area (Å²) in [6.45, 7) is 6.45. The van der Waals surface area contributed by atoms with Gasteiger partial charge in [-0.1, -0.05) is 19.9 Å². The van der Waals surface area contributed by atoms with E-state index in [0.717, 1.165) is 10.6 Å². The van der Waals surface area contributed by atoms with Gasteiger partial charge in [0, 0.05) is 10.6 Å². The van der Waals surface area contributed by atoms with Gasteiger partial charge in [-0.25, -0.2) is 4.79 Å². The summed E-state index contributed by atoms with van der Waals surface area (Å²) in [6.07, 6.45) is 0. The molecular weight excluding hydrogens is 234 g/mol. The van der Waals surface area contributed by atoms with Gasteiger partial charge in [-0.15, -0.1) is 11.8 Å². The van der Waals surface area contributed by atoms with Crippen molar-refractivity contribution in [2.24, 2.45) is 5.92 Å². The zero-order chi connectivity index (χ0) is 12.8. The van der Waals surface area contributed by atoms with E-state index in [9.17, 15) is 4.79 Å². The molecule has 2 N–H and O–H groups in total. The van der Waals surface area contributed by atoms with Crippen molar-refractivity contribution < 1.29 is 9.53 Å². The molecule has 4 heteroatoms. The van der Waals surface area contributed by atoms with E-state index in [1.54, 1.807) is 24.8 Å². The summed E-state index contributed by atoms with van der Waals surface area (Å²) in [5.74, 6) is 1.22.